The summed E-state index contributed by atoms with van der Waals surface area (Å²) >= 11 is 0. The van der Waals surface area contributed by atoms with Crippen molar-refractivity contribution >= 4 is 22.2 Å². The van der Waals surface area contributed by atoms with E-state index in [4.69, 9.17) is 9.16 Å². The number of ether oxygens (including phenoxy) is 1. The topological polar surface area (TPSA) is 59.0 Å². The van der Waals surface area contributed by atoms with Gasteiger partial charge in [-0.2, -0.15) is 0 Å². The van der Waals surface area contributed by atoms with Crippen LogP contribution in [-0.4, -0.2) is 57.2 Å². The highest BCUT2D eigenvalue weighted by Crippen LogP contribution is 2.51. The van der Waals surface area contributed by atoms with Crippen LogP contribution in [-0.2, 0) is 14.0 Å². The molecule has 3 aliphatic rings. The zero-order valence-corrected chi connectivity index (χ0v) is 22.6. The van der Waals surface area contributed by atoms with Crippen LogP contribution in [0.3, 0.4) is 0 Å². The zero-order valence-electron chi connectivity index (χ0n) is 20.6. The smallest absolute Gasteiger partial charge is 0.293 e. The van der Waals surface area contributed by atoms with Crippen molar-refractivity contribution < 1.29 is 19.1 Å². The van der Waals surface area contributed by atoms with Crippen molar-refractivity contribution in [1.82, 2.24) is 4.90 Å². The highest BCUT2D eigenvalue weighted by Gasteiger charge is 2.61. The van der Waals surface area contributed by atoms with E-state index >= 15 is 0 Å². The zero-order chi connectivity index (χ0) is 23.4. The van der Waals surface area contributed by atoms with Gasteiger partial charge in [0.2, 0.25) is 11.3 Å². The summed E-state index contributed by atoms with van der Waals surface area (Å²) in [7, 11) is -3.25. The van der Waals surface area contributed by atoms with Crippen LogP contribution in [0.1, 0.15) is 33.6 Å². The Labute approximate surface area is 190 Å². The lowest BCUT2D eigenvalue weighted by atomic mass is 9.65. The minimum atomic E-state index is -2.08. The number of hydrogen-bond acceptors (Lipinski definition) is 5. The van der Waals surface area contributed by atoms with Crippen LogP contribution >= 0.6 is 0 Å². The number of hydrogen-bond donors (Lipinski definition) is 1. The second-order valence-electron chi connectivity index (χ2n) is 12.1. The number of nitrogens with zero attached hydrogens (tertiary/aromatic N) is 1. The number of aliphatic hydroxyl groups is 1. The SMILES string of the molecule is C=C1[C@H]2C[C@@](O)(C[C@H]1O[Si](C)(C)C(C)(C)C)C(=O)C1=C2[C+]=CN1COCC[Si](C)(C)C. The predicted molar refractivity (Wildman–Crippen MR) is 130 cm³/mol. The summed E-state index contributed by atoms with van der Waals surface area (Å²) in [4.78, 5) is 15.2. The Balaban J connectivity index is 1.79. The summed E-state index contributed by atoms with van der Waals surface area (Å²) in [6.07, 6.45) is 5.40. The van der Waals surface area contributed by atoms with E-state index in [1.807, 2.05) is 0 Å². The monoisotopic (exact) mass is 462 g/mol. The molecule has 5 nitrogen and oxygen atoms in total. The molecule has 1 N–H and O–H groups in total. The summed E-state index contributed by atoms with van der Waals surface area (Å²) in [5.41, 5.74) is 0.890. The number of allylic oxidation sites excluding steroid dienone is 2. The Morgan fingerprint density at radius 3 is 2.48 bits per heavy atom. The molecule has 3 rings (SSSR count). The average molecular weight is 463 g/mol. The van der Waals surface area contributed by atoms with Gasteiger partial charge in [-0.25, -0.2) is 4.90 Å². The Morgan fingerprint density at radius 2 is 1.90 bits per heavy atom. The molecule has 0 aromatic rings. The van der Waals surface area contributed by atoms with E-state index in [0.717, 1.165) is 17.2 Å². The Bertz CT molecular complexity index is 818. The van der Waals surface area contributed by atoms with Crippen LogP contribution in [0.2, 0.25) is 43.8 Å². The van der Waals surface area contributed by atoms with Crippen LogP contribution in [0.4, 0.5) is 0 Å². The van der Waals surface area contributed by atoms with Gasteiger partial charge >= 0.3 is 0 Å². The summed E-state index contributed by atoms with van der Waals surface area (Å²) in [5, 5.41) is 11.5. The largest absolute Gasteiger partial charge is 0.410 e. The Kier molecular flexibility index (Phi) is 6.37. The van der Waals surface area contributed by atoms with Gasteiger partial charge in [0.1, 0.15) is 12.8 Å². The third kappa shape index (κ3) is 4.82. The average Bonchev–Trinajstić information content (AvgIpc) is 3.02. The first kappa shape index (κ1) is 24.6. The third-order valence-corrected chi connectivity index (χ3v) is 13.5. The number of carbonyl (C=O) groups is 1. The quantitative estimate of drug-likeness (QED) is 0.253. The van der Waals surface area contributed by atoms with Gasteiger partial charge in [-0.15, -0.1) is 0 Å². The Hall–Kier alpha value is -1.09. The summed E-state index contributed by atoms with van der Waals surface area (Å²) in [6, 6.07) is 1.07. The Morgan fingerprint density at radius 1 is 1.26 bits per heavy atom. The van der Waals surface area contributed by atoms with E-state index in [2.05, 4.69) is 66.2 Å². The van der Waals surface area contributed by atoms with Crippen molar-refractivity contribution in [3.05, 3.63) is 35.7 Å². The van der Waals surface area contributed by atoms with Crippen molar-refractivity contribution in [2.45, 2.75) is 89.1 Å². The first-order valence-corrected chi connectivity index (χ1v) is 18.0. The first-order chi connectivity index (χ1) is 14.1. The highest BCUT2D eigenvalue weighted by molar-refractivity contribution is 6.76. The lowest BCUT2D eigenvalue weighted by Crippen LogP contribution is -2.56. The molecule has 1 heterocycles. The molecule has 0 unspecified atom stereocenters. The molecule has 2 aliphatic carbocycles. The van der Waals surface area contributed by atoms with E-state index in [0.29, 0.717) is 25.5 Å². The van der Waals surface area contributed by atoms with Crippen LogP contribution in [0, 0.1) is 12.0 Å². The minimum Gasteiger partial charge on any atom is -0.410 e. The predicted octanol–water partition coefficient (Wildman–Crippen LogP) is 4.86. The molecule has 0 amide bonds. The fraction of sp³-hybridized carbons (Fsp3) is 0.708. The fourth-order valence-corrected chi connectivity index (χ4v) is 6.21. The molecule has 1 aliphatic heterocycles. The van der Waals surface area contributed by atoms with Crippen LogP contribution in [0.25, 0.3) is 0 Å². The molecule has 1 saturated carbocycles. The number of rotatable bonds is 7. The molecule has 3 atom stereocenters. The maximum atomic E-state index is 13.4. The van der Waals surface area contributed by atoms with Gasteiger partial charge in [-0.1, -0.05) is 47.0 Å². The number of carbonyl (C=O) groups excluding carboxylic acids is 1. The molecular weight excluding hydrogens is 422 g/mol. The number of Topliss-reactive ketones (excluding diaryl/α,β-unsaturated/α-hetero) is 1. The van der Waals surface area contributed by atoms with E-state index in [1.54, 1.807) is 11.1 Å². The van der Waals surface area contributed by atoms with Crippen LogP contribution in [0.5, 0.6) is 0 Å². The van der Waals surface area contributed by atoms with Crippen molar-refractivity contribution in [2.24, 2.45) is 5.92 Å². The molecule has 31 heavy (non-hydrogen) atoms. The van der Waals surface area contributed by atoms with Gasteiger partial charge in [0.15, 0.2) is 20.1 Å². The van der Waals surface area contributed by atoms with Crippen LogP contribution < -0.4 is 0 Å². The molecule has 2 bridgehead atoms. The molecule has 0 saturated heterocycles. The van der Waals surface area contributed by atoms with E-state index < -0.39 is 22.0 Å². The van der Waals surface area contributed by atoms with E-state index in [9.17, 15) is 9.90 Å². The fourth-order valence-electron chi connectivity index (χ4n) is 4.15. The normalized spacial score (nSPS) is 28.9. The second kappa shape index (κ2) is 8.05. The lowest BCUT2D eigenvalue weighted by Gasteiger charge is -2.46. The standard InChI is InChI=1S/C24H40NO4Si2/c1-17-19-14-24(27,15-20(17)29-31(8,9)23(2,3)4)22(26)21-18(19)10-11-25(21)16-28-12-13-30(5,6)7/h11,19-20,27H,1,12-16H2,2-9H3/q+1/t19-,20-,24-/m1/s1. The molecule has 0 aromatic carbocycles. The minimum absolute atomic E-state index is 0.0420. The van der Waals surface area contributed by atoms with Gasteiger partial charge in [0.25, 0.3) is 5.78 Å². The van der Waals surface area contributed by atoms with E-state index in [1.165, 1.54) is 0 Å². The van der Waals surface area contributed by atoms with Gasteiger partial charge in [-0.05, 0) is 29.7 Å². The van der Waals surface area contributed by atoms with Gasteiger partial charge < -0.3 is 14.3 Å². The molecular formula is C24H40NO4Si2+. The van der Waals surface area contributed by atoms with Crippen molar-refractivity contribution in [3.8, 4) is 0 Å². The van der Waals surface area contributed by atoms with Gasteiger partial charge in [-0.3, -0.25) is 4.79 Å². The highest BCUT2D eigenvalue weighted by atomic mass is 28.4. The van der Waals surface area contributed by atoms with Gasteiger partial charge in [0, 0.05) is 27.5 Å². The number of fused-ring (bicyclic) bond motifs is 3. The summed E-state index contributed by atoms with van der Waals surface area (Å²) in [5.74, 6) is -0.352. The maximum Gasteiger partial charge on any atom is 0.293 e. The van der Waals surface area contributed by atoms with Gasteiger partial charge in [0.05, 0.1) is 12.0 Å². The van der Waals surface area contributed by atoms with Crippen LogP contribution in [0.15, 0.2) is 29.6 Å². The van der Waals surface area contributed by atoms with Crippen molar-refractivity contribution in [2.75, 3.05) is 13.3 Å². The third-order valence-electron chi connectivity index (χ3n) is 7.30. The molecule has 0 radical (unpaired) electrons. The molecule has 0 aromatic heterocycles. The summed E-state index contributed by atoms with van der Waals surface area (Å²) < 4.78 is 12.5. The first-order valence-electron chi connectivity index (χ1n) is 11.4. The maximum absolute atomic E-state index is 13.4. The van der Waals surface area contributed by atoms with Crippen molar-refractivity contribution in [3.63, 3.8) is 0 Å². The second-order valence-corrected chi connectivity index (χ2v) is 22.5. The molecule has 0 spiro atoms. The molecule has 1 fully saturated rings. The summed E-state index contributed by atoms with van der Waals surface area (Å²) in [6.45, 7) is 23.3. The molecule has 172 valence electrons. The molecule has 7 heteroatoms. The number of ketones is 1. The van der Waals surface area contributed by atoms with E-state index in [-0.39, 0.29) is 29.3 Å². The van der Waals surface area contributed by atoms with Crippen molar-refractivity contribution in [1.29, 1.82) is 0 Å². The lowest BCUT2D eigenvalue weighted by molar-refractivity contribution is -0.143.